The fraction of sp³-hybridized carbons (Fsp3) is 0.429. The van der Waals surface area contributed by atoms with Crippen molar-refractivity contribution in [2.45, 2.75) is 46.2 Å². The molecule has 0 bridgehead atoms. The molecule has 2 aromatic rings. The monoisotopic (exact) mass is 375 g/mol. The molecule has 0 amide bonds. The summed E-state index contributed by atoms with van der Waals surface area (Å²) >= 11 is 0. The van der Waals surface area contributed by atoms with Gasteiger partial charge in [0.1, 0.15) is 5.75 Å². The van der Waals surface area contributed by atoms with Crippen LogP contribution in [-0.2, 0) is 21.9 Å². The van der Waals surface area contributed by atoms with Gasteiger partial charge in [0, 0.05) is 12.7 Å². The van der Waals surface area contributed by atoms with Crippen molar-refractivity contribution in [3.63, 3.8) is 0 Å². The van der Waals surface area contributed by atoms with E-state index in [1.54, 1.807) is 7.11 Å². The van der Waals surface area contributed by atoms with Crippen LogP contribution in [0.4, 0.5) is 0 Å². The summed E-state index contributed by atoms with van der Waals surface area (Å²) in [7, 11) is -0.537. The average molecular weight is 375 g/mol. The third-order valence-electron chi connectivity index (χ3n) is 4.48. The summed E-state index contributed by atoms with van der Waals surface area (Å²) in [4.78, 5) is 9.15. The van der Waals surface area contributed by atoms with Crippen LogP contribution in [0, 0.1) is 13.8 Å². The summed E-state index contributed by atoms with van der Waals surface area (Å²) in [5.41, 5.74) is 6.89. The number of hydrogen-bond donors (Lipinski definition) is 1. The molecule has 0 radical (unpaired) electrons. The van der Waals surface area contributed by atoms with E-state index in [2.05, 4.69) is 39.8 Å². The van der Waals surface area contributed by atoms with Gasteiger partial charge in [0.15, 0.2) is 6.79 Å². The first-order chi connectivity index (χ1) is 12.3. The van der Waals surface area contributed by atoms with Crippen LogP contribution in [0.2, 0.25) is 0 Å². The molecule has 0 aliphatic rings. The molecule has 1 N–H and O–H groups in total. The molecule has 0 fully saturated rings. The second-order valence-corrected chi connectivity index (χ2v) is 7.99. The molecule has 0 saturated carbocycles. The Bertz CT molecular complexity index is 761. The zero-order valence-electron chi connectivity index (χ0n) is 16.2. The fourth-order valence-corrected chi connectivity index (χ4v) is 3.72. The predicted molar refractivity (Wildman–Crippen MR) is 105 cm³/mol. The molecule has 1 unspecified atom stereocenters. The predicted octanol–water partition coefficient (Wildman–Crippen LogP) is 5.24. The van der Waals surface area contributed by atoms with Crippen molar-refractivity contribution in [2.24, 2.45) is 0 Å². The Morgan fingerprint density at radius 2 is 1.73 bits per heavy atom. The number of aryl methyl sites for hydroxylation is 2. The molecule has 0 aromatic heterocycles. The lowest BCUT2D eigenvalue weighted by Gasteiger charge is -2.17. The van der Waals surface area contributed by atoms with Crippen molar-refractivity contribution in [3.8, 4) is 5.75 Å². The van der Waals surface area contributed by atoms with E-state index in [4.69, 9.17) is 14.4 Å². The van der Waals surface area contributed by atoms with E-state index in [0.717, 1.165) is 28.9 Å². The van der Waals surface area contributed by atoms with Gasteiger partial charge < -0.3 is 9.47 Å². The molecule has 0 heterocycles. The normalized spacial score (nSPS) is 11.7. The lowest BCUT2D eigenvalue weighted by molar-refractivity contribution is 0.0502. The van der Waals surface area contributed by atoms with E-state index in [1.165, 1.54) is 16.7 Å². The Morgan fingerprint density at radius 1 is 1.08 bits per heavy atom. The van der Waals surface area contributed by atoms with Crippen LogP contribution in [0.3, 0.4) is 0 Å². The summed E-state index contributed by atoms with van der Waals surface area (Å²) in [6.45, 7) is 8.68. The van der Waals surface area contributed by atoms with Gasteiger partial charge >= 0.3 is 8.03 Å². The summed E-state index contributed by atoms with van der Waals surface area (Å²) in [5.74, 6) is 1.22. The SMILES string of the molecule is COCOc1ccc(Cc2c(C)cc(C[P+](=O)O)cc2C)cc1C(C)C. The number of rotatable bonds is 8. The Morgan fingerprint density at radius 3 is 2.27 bits per heavy atom. The van der Waals surface area contributed by atoms with E-state index in [1.807, 2.05) is 18.2 Å². The molecular formula is C21H28O4P+. The minimum Gasteiger partial charge on any atom is -0.467 e. The largest absolute Gasteiger partial charge is 0.510 e. The van der Waals surface area contributed by atoms with Crippen LogP contribution in [0.1, 0.15) is 53.1 Å². The van der Waals surface area contributed by atoms with Gasteiger partial charge in [0.2, 0.25) is 6.16 Å². The van der Waals surface area contributed by atoms with Crippen LogP contribution in [-0.4, -0.2) is 18.8 Å². The number of hydrogen-bond acceptors (Lipinski definition) is 3. The molecule has 0 aliphatic carbocycles. The number of methoxy groups -OCH3 is 1. The van der Waals surface area contributed by atoms with Crippen molar-refractivity contribution < 1.29 is 18.9 Å². The summed E-state index contributed by atoms with van der Waals surface area (Å²) in [6.07, 6.45) is 1.04. The van der Waals surface area contributed by atoms with Gasteiger partial charge in [-0.05, 0) is 64.6 Å². The quantitative estimate of drug-likeness (QED) is 0.507. The Hall–Kier alpha value is -1.74. The lowest BCUT2D eigenvalue weighted by atomic mass is 9.92. The maximum Gasteiger partial charge on any atom is 0.510 e. The lowest BCUT2D eigenvalue weighted by Crippen LogP contribution is -2.04. The summed E-state index contributed by atoms with van der Waals surface area (Å²) in [6, 6.07) is 10.3. The summed E-state index contributed by atoms with van der Waals surface area (Å²) in [5, 5.41) is 0. The van der Waals surface area contributed by atoms with E-state index in [9.17, 15) is 4.57 Å². The van der Waals surface area contributed by atoms with Crippen LogP contribution in [0.25, 0.3) is 0 Å². The van der Waals surface area contributed by atoms with Gasteiger partial charge in [-0.2, -0.15) is 4.89 Å². The van der Waals surface area contributed by atoms with Crippen molar-refractivity contribution in [1.29, 1.82) is 0 Å². The number of ether oxygens (including phenoxy) is 2. The molecule has 5 heteroatoms. The molecule has 0 spiro atoms. The molecule has 26 heavy (non-hydrogen) atoms. The van der Waals surface area contributed by atoms with E-state index in [-0.39, 0.29) is 13.0 Å². The van der Waals surface area contributed by atoms with Crippen molar-refractivity contribution in [2.75, 3.05) is 13.9 Å². The van der Waals surface area contributed by atoms with Crippen LogP contribution in [0.5, 0.6) is 5.75 Å². The zero-order valence-corrected chi connectivity index (χ0v) is 17.1. The third-order valence-corrected chi connectivity index (χ3v) is 5.12. The molecule has 1 atom stereocenters. The van der Waals surface area contributed by atoms with Gasteiger partial charge in [0.05, 0.1) is 0 Å². The number of benzene rings is 2. The fourth-order valence-electron chi connectivity index (χ4n) is 3.23. The Labute approximate surface area is 157 Å². The first-order valence-electron chi connectivity index (χ1n) is 8.79. The van der Waals surface area contributed by atoms with Gasteiger partial charge in [-0.3, -0.25) is 0 Å². The van der Waals surface area contributed by atoms with Crippen LogP contribution in [0.15, 0.2) is 30.3 Å². The van der Waals surface area contributed by atoms with Gasteiger partial charge in [-0.15, -0.1) is 0 Å². The van der Waals surface area contributed by atoms with Crippen molar-refractivity contribution in [3.05, 3.63) is 63.7 Å². The highest BCUT2D eigenvalue weighted by atomic mass is 31.1. The minimum atomic E-state index is -2.15. The molecule has 140 valence electrons. The highest BCUT2D eigenvalue weighted by Crippen LogP contribution is 2.30. The van der Waals surface area contributed by atoms with E-state index >= 15 is 0 Å². The smallest absolute Gasteiger partial charge is 0.467 e. The van der Waals surface area contributed by atoms with Gasteiger partial charge in [0.25, 0.3) is 0 Å². The van der Waals surface area contributed by atoms with E-state index < -0.39 is 8.03 Å². The van der Waals surface area contributed by atoms with Gasteiger partial charge in [-0.1, -0.05) is 38.1 Å². The topological polar surface area (TPSA) is 55.8 Å². The second-order valence-electron chi connectivity index (χ2n) is 6.97. The molecular weight excluding hydrogens is 347 g/mol. The molecule has 4 nitrogen and oxygen atoms in total. The minimum absolute atomic E-state index is 0.209. The van der Waals surface area contributed by atoms with Gasteiger partial charge in [-0.25, -0.2) is 0 Å². The average Bonchev–Trinajstić information content (AvgIpc) is 2.56. The van der Waals surface area contributed by atoms with Crippen LogP contribution < -0.4 is 4.74 Å². The zero-order chi connectivity index (χ0) is 19.3. The Kier molecular flexibility index (Phi) is 7.33. The van der Waals surface area contributed by atoms with Crippen LogP contribution >= 0.6 is 8.03 Å². The maximum atomic E-state index is 11.1. The Balaban J connectivity index is 2.30. The molecule has 2 rings (SSSR count). The standard InChI is InChI=1S/C21H27O4P/c1-14(2)19-10-17(6-7-21(19)25-13-24-5)11-20-15(3)8-18(9-16(20)4)12-26(22)23/h6-10,14H,11-13H2,1-5H3/p+1. The van der Waals surface area contributed by atoms with Crippen molar-refractivity contribution in [1.82, 2.24) is 0 Å². The molecule has 2 aromatic carbocycles. The highest BCUT2D eigenvalue weighted by Gasteiger charge is 2.15. The van der Waals surface area contributed by atoms with Crippen molar-refractivity contribution >= 4 is 8.03 Å². The summed E-state index contributed by atoms with van der Waals surface area (Å²) < 4.78 is 21.8. The molecule has 0 saturated heterocycles. The first-order valence-corrected chi connectivity index (χ1v) is 10.2. The maximum absolute atomic E-state index is 11.1. The highest BCUT2D eigenvalue weighted by molar-refractivity contribution is 7.37. The van der Waals surface area contributed by atoms with E-state index in [0.29, 0.717) is 5.92 Å². The first kappa shape index (κ1) is 20.6. The second kappa shape index (κ2) is 9.27. The third kappa shape index (κ3) is 5.38. The molecule has 0 aliphatic heterocycles.